The van der Waals surface area contributed by atoms with Crippen LogP contribution in [0.4, 0.5) is 10.8 Å². The van der Waals surface area contributed by atoms with E-state index >= 15 is 0 Å². The van der Waals surface area contributed by atoms with Crippen LogP contribution >= 0.6 is 38.6 Å². The summed E-state index contributed by atoms with van der Waals surface area (Å²) < 4.78 is 1.90. The van der Waals surface area contributed by atoms with Crippen LogP contribution in [0.2, 0.25) is 0 Å². The molecule has 0 atom stereocenters. The minimum atomic E-state index is -0.178. The van der Waals surface area contributed by atoms with E-state index in [2.05, 4.69) is 31.5 Å². The maximum absolute atomic E-state index is 12.3. The number of amides is 2. The summed E-state index contributed by atoms with van der Waals surface area (Å²) in [7, 11) is 3.88. The normalized spacial score (nSPS) is 10.8. The average molecular weight is 467 g/mol. The van der Waals surface area contributed by atoms with E-state index in [1.165, 1.54) is 11.3 Å². The lowest BCUT2D eigenvalue weighted by Crippen LogP contribution is -2.27. The van der Waals surface area contributed by atoms with Crippen molar-refractivity contribution in [1.82, 2.24) is 10.3 Å². The van der Waals surface area contributed by atoms with E-state index in [0.29, 0.717) is 4.88 Å². The van der Waals surface area contributed by atoms with E-state index in [0.717, 1.165) is 30.4 Å². The van der Waals surface area contributed by atoms with Crippen LogP contribution in [0.25, 0.3) is 9.53 Å². The number of halogens is 1. The van der Waals surface area contributed by atoms with Crippen molar-refractivity contribution in [3.05, 3.63) is 39.2 Å². The zero-order valence-electron chi connectivity index (χ0n) is 15.1. The fourth-order valence-corrected chi connectivity index (χ4v) is 4.76. The number of hydrogen-bond donors (Lipinski definition) is 2. The lowest BCUT2D eigenvalue weighted by molar-refractivity contribution is -0.116. The quantitative estimate of drug-likeness (QED) is 0.569. The van der Waals surface area contributed by atoms with Crippen molar-refractivity contribution in [3.8, 4) is 0 Å². The Labute approximate surface area is 173 Å². The zero-order valence-corrected chi connectivity index (χ0v) is 18.3. The monoisotopic (exact) mass is 466 g/mol. The largest absolute Gasteiger partial charge is 0.354 e. The minimum Gasteiger partial charge on any atom is -0.354 e. The SMILES string of the molecule is Cc1ccc(Br)cc1NC(=O)CCNC(=O)c1cc2sc(N(C)C)nc2s1. The van der Waals surface area contributed by atoms with E-state index < -0.39 is 0 Å². The third-order valence-electron chi connectivity index (χ3n) is 3.80. The molecule has 2 heterocycles. The first-order chi connectivity index (χ1) is 12.8. The number of carbonyl (C=O) groups excluding carboxylic acids is 2. The predicted octanol–water partition coefficient (Wildman–Crippen LogP) is 4.25. The molecule has 142 valence electrons. The molecule has 0 radical (unpaired) electrons. The topological polar surface area (TPSA) is 74.3 Å². The third-order valence-corrected chi connectivity index (χ3v) is 6.62. The Bertz CT molecular complexity index is 965. The molecule has 27 heavy (non-hydrogen) atoms. The molecule has 0 bridgehead atoms. The molecule has 0 aliphatic heterocycles. The molecule has 2 N–H and O–H groups in total. The number of rotatable bonds is 6. The Balaban J connectivity index is 1.52. The first-order valence-electron chi connectivity index (χ1n) is 8.25. The summed E-state index contributed by atoms with van der Waals surface area (Å²) in [6.07, 6.45) is 0.209. The van der Waals surface area contributed by atoms with Gasteiger partial charge >= 0.3 is 0 Å². The molecule has 0 unspecified atom stereocenters. The molecule has 0 aliphatic carbocycles. The van der Waals surface area contributed by atoms with Crippen LogP contribution in [0.1, 0.15) is 21.7 Å². The van der Waals surface area contributed by atoms with Crippen molar-refractivity contribution in [1.29, 1.82) is 0 Å². The number of aryl methyl sites for hydroxylation is 1. The number of anilines is 2. The Morgan fingerprint density at radius 1 is 1.22 bits per heavy atom. The molecule has 6 nitrogen and oxygen atoms in total. The second-order valence-electron chi connectivity index (χ2n) is 6.18. The van der Waals surface area contributed by atoms with Gasteiger partial charge in [0.15, 0.2) is 5.13 Å². The summed E-state index contributed by atoms with van der Waals surface area (Å²) in [5.74, 6) is -0.316. The summed E-state index contributed by atoms with van der Waals surface area (Å²) in [4.78, 5) is 32.3. The number of carbonyl (C=O) groups is 2. The van der Waals surface area contributed by atoms with Gasteiger partial charge < -0.3 is 15.5 Å². The molecule has 3 rings (SSSR count). The van der Waals surface area contributed by atoms with Gasteiger partial charge in [-0.2, -0.15) is 0 Å². The van der Waals surface area contributed by atoms with Crippen molar-refractivity contribution in [2.75, 3.05) is 30.9 Å². The van der Waals surface area contributed by atoms with Gasteiger partial charge in [0.2, 0.25) is 5.91 Å². The van der Waals surface area contributed by atoms with E-state index in [-0.39, 0.29) is 24.8 Å². The molecule has 0 saturated carbocycles. The summed E-state index contributed by atoms with van der Waals surface area (Å²) in [6.45, 7) is 2.21. The van der Waals surface area contributed by atoms with Crippen LogP contribution in [-0.4, -0.2) is 37.4 Å². The van der Waals surface area contributed by atoms with Crippen LogP contribution in [0, 0.1) is 6.92 Å². The molecule has 9 heteroatoms. The average Bonchev–Trinajstić information content (AvgIpc) is 3.17. The number of hydrogen-bond acceptors (Lipinski definition) is 6. The van der Waals surface area contributed by atoms with Crippen molar-refractivity contribution in [2.45, 2.75) is 13.3 Å². The van der Waals surface area contributed by atoms with Gasteiger partial charge in [-0.3, -0.25) is 9.59 Å². The summed E-state index contributed by atoms with van der Waals surface area (Å²) >= 11 is 6.31. The molecule has 0 aliphatic rings. The second kappa shape index (κ2) is 8.37. The van der Waals surface area contributed by atoms with E-state index in [1.54, 1.807) is 11.3 Å². The van der Waals surface area contributed by atoms with Crippen LogP contribution in [0.15, 0.2) is 28.7 Å². The lowest BCUT2D eigenvalue weighted by Gasteiger charge is -2.09. The van der Waals surface area contributed by atoms with Crippen LogP contribution in [-0.2, 0) is 4.79 Å². The van der Waals surface area contributed by atoms with Gasteiger partial charge in [-0.25, -0.2) is 4.98 Å². The molecular formula is C18H19BrN4O2S2. The van der Waals surface area contributed by atoms with Gasteiger partial charge in [-0.15, -0.1) is 11.3 Å². The smallest absolute Gasteiger partial charge is 0.261 e. The van der Waals surface area contributed by atoms with E-state index in [1.807, 2.05) is 50.2 Å². The predicted molar refractivity (Wildman–Crippen MR) is 116 cm³/mol. The van der Waals surface area contributed by atoms with Gasteiger partial charge in [-0.05, 0) is 30.7 Å². The fraction of sp³-hybridized carbons (Fsp3) is 0.278. The third kappa shape index (κ3) is 4.85. The molecule has 2 amide bonds. The standard InChI is InChI=1S/C18H19BrN4O2S2/c1-10-4-5-11(19)8-12(10)21-15(24)6-7-20-16(25)13-9-14-17(26-13)22-18(27-14)23(2)3/h4-5,8-9H,6-7H2,1-3H3,(H,20,25)(H,21,24). The highest BCUT2D eigenvalue weighted by molar-refractivity contribution is 9.10. The van der Waals surface area contributed by atoms with Gasteiger partial charge in [0, 0.05) is 37.2 Å². The van der Waals surface area contributed by atoms with E-state index in [4.69, 9.17) is 0 Å². The summed E-state index contributed by atoms with van der Waals surface area (Å²) in [5, 5.41) is 6.58. The molecule has 0 spiro atoms. The number of aromatic nitrogens is 1. The molecule has 1 aromatic carbocycles. The minimum absolute atomic E-state index is 0.138. The first-order valence-corrected chi connectivity index (χ1v) is 10.7. The maximum Gasteiger partial charge on any atom is 0.261 e. The maximum atomic E-state index is 12.3. The number of nitrogens with one attached hydrogen (secondary N) is 2. The van der Waals surface area contributed by atoms with Gasteiger partial charge in [0.25, 0.3) is 5.91 Å². The lowest BCUT2D eigenvalue weighted by atomic mass is 10.2. The highest BCUT2D eigenvalue weighted by Crippen LogP contribution is 2.33. The Morgan fingerprint density at radius 3 is 2.70 bits per heavy atom. The number of benzene rings is 1. The van der Waals surface area contributed by atoms with Crippen molar-refractivity contribution >= 4 is 70.8 Å². The van der Waals surface area contributed by atoms with Gasteiger partial charge in [0.05, 0.1) is 9.58 Å². The number of fused-ring (bicyclic) bond motifs is 1. The number of thiazole rings is 1. The van der Waals surface area contributed by atoms with Gasteiger partial charge in [-0.1, -0.05) is 33.3 Å². The molecule has 0 saturated heterocycles. The summed E-state index contributed by atoms with van der Waals surface area (Å²) in [5.41, 5.74) is 1.75. The fourth-order valence-electron chi connectivity index (χ4n) is 2.35. The second-order valence-corrected chi connectivity index (χ2v) is 9.14. The Morgan fingerprint density at radius 2 is 2.00 bits per heavy atom. The van der Waals surface area contributed by atoms with Crippen molar-refractivity contribution < 1.29 is 9.59 Å². The van der Waals surface area contributed by atoms with Crippen molar-refractivity contribution in [3.63, 3.8) is 0 Å². The number of thiophene rings is 1. The zero-order chi connectivity index (χ0) is 19.6. The number of nitrogens with zero attached hydrogens (tertiary/aromatic N) is 2. The molecule has 0 fully saturated rings. The molecule has 3 aromatic rings. The van der Waals surface area contributed by atoms with Gasteiger partial charge in [0.1, 0.15) is 4.83 Å². The van der Waals surface area contributed by atoms with Crippen LogP contribution in [0.3, 0.4) is 0 Å². The Kier molecular flexibility index (Phi) is 6.13. The van der Waals surface area contributed by atoms with Crippen molar-refractivity contribution in [2.24, 2.45) is 0 Å². The van der Waals surface area contributed by atoms with Crippen LogP contribution < -0.4 is 15.5 Å². The highest BCUT2D eigenvalue weighted by Gasteiger charge is 2.15. The molecule has 2 aromatic heterocycles. The van der Waals surface area contributed by atoms with E-state index in [9.17, 15) is 9.59 Å². The van der Waals surface area contributed by atoms with Crippen LogP contribution in [0.5, 0.6) is 0 Å². The summed E-state index contributed by atoms with van der Waals surface area (Å²) in [6, 6.07) is 7.57. The Hall–Kier alpha value is -1.97. The first kappa shape index (κ1) is 19.8. The molecular weight excluding hydrogens is 448 g/mol. The highest BCUT2D eigenvalue weighted by atomic mass is 79.9.